The predicted octanol–water partition coefficient (Wildman–Crippen LogP) is 0.938. The Bertz CT molecular complexity index is 706. The molecule has 7 heteroatoms. The van der Waals surface area contributed by atoms with Crippen LogP contribution in [-0.2, 0) is 11.3 Å². The van der Waals surface area contributed by atoms with E-state index in [4.69, 9.17) is 0 Å². The van der Waals surface area contributed by atoms with Gasteiger partial charge in [-0.05, 0) is 28.1 Å². The molecule has 0 aliphatic heterocycles. The maximum absolute atomic E-state index is 11.8. The Hall–Kier alpha value is -2.15. The first-order chi connectivity index (χ1) is 9.08. The fourth-order valence-electron chi connectivity index (χ4n) is 1.50. The number of hydrogen-bond donors (Lipinski definition) is 2. The summed E-state index contributed by atoms with van der Waals surface area (Å²) in [6, 6.07) is 8.79. The molecule has 0 saturated carbocycles. The van der Waals surface area contributed by atoms with E-state index in [2.05, 4.69) is 26.2 Å². The number of amides is 1. The van der Waals surface area contributed by atoms with Crippen molar-refractivity contribution in [3.63, 3.8) is 0 Å². The van der Waals surface area contributed by atoms with Crippen LogP contribution in [0, 0.1) is 0 Å². The fourth-order valence-corrected chi connectivity index (χ4v) is 1.82. The third kappa shape index (κ3) is 3.19. The lowest BCUT2D eigenvalue weighted by molar-refractivity contribution is -0.116. The minimum atomic E-state index is -0.628. The van der Waals surface area contributed by atoms with Crippen LogP contribution in [0.3, 0.4) is 0 Å². The molecule has 98 valence electrons. The van der Waals surface area contributed by atoms with Gasteiger partial charge in [0.15, 0.2) is 0 Å². The summed E-state index contributed by atoms with van der Waals surface area (Å²) in [5.74, 6) is -0.447. The number of hydrogen-bond acceptors (Lipinski definition) is 3. The highest BCUT2D eigenvalue weighted by Crippen LogP contribution is 2.04. The Morgan fingerprint density at radius 2 is 1.95 bits per heavy atom. The predicted molar refractivity (Wildman–Crippen MR) is 74.1 cm³/mol. The van der Waals surface area contributed by atoms with Gasteiger partial charge in [-0.2, -0.15) is 0 Å². The van der Waals surface area contributed by atoms with Crippen molar-refractivity contribution < 1.29 is 4.79 Å². The molecular weight excluding hydrogens is 314 g/mol. The minimum Gasteiger partial charge on any atom is -0.325 e. The molecule has 19 heavy (non-hydrogen) atoms. The topological polar surface area (TPSA) is 84.0 Å². The van der Waals surface area contributed by atoms with E-state index >= 15 is 0 Å². The molecule has 1 heterocycles. The molecule has 1 aromatic carbocycles. The summed E-state index contributed by atoms with van der Waals surface area (Å²) in [6.45, 7) is -0.345. The zero-order chi connectivity index (χ0) is 13.8. The van der Waals surface area contributed by atoms with Crippen LogP contribution >= 0.6 is 15.9 Å². The number of aromatic amines is 1. The molecule has 1 amide bonds. The number of para-hydroxylation sites is 1. The van der Waals surface area contributed by atoms with Crippen molar-refractivity contribution in [2.45, 2.75) is 6.54 Å². The normalized spacial score (nSPS) is 10.2. The summed E-state index contributed by atoms with van der Waals surface area (Å²) < 4.78 is 1.02. The van der Waals surface area contributed by atoms with Crippen molar-refractivity contribution in [3.05, 3.63) is 61.8 Å². The van der Waals surface area contributed by atoms with Gasteiger partial charge in [0.2, 0.25) is 5.91 Å². The Morgan fingerprint density at radius 3 is 2.63 bits per heavy atom. The van der Waals surface area contributed by atoms with E-state index in [1.807, 2.05) is 6.07 Å². The molecule has 1 aromatic heterocycles. The van der Waals surface area contributed by atoms with Crippen LogP contribution in [0.4, 0.5) is 5.69 Å². The van der Waals surface area contributed by atoms with Crippen LogP contribution in [0.25, 0.3) is 0 Å². The van der Waals surface area contributed by atoms with E-state index in [0.717, 1.165) is 4.57 Å². The van der Waals surface area contributed by atoms with Gasteiger partial charge in [0, 0.05) is 11.9 Å². The van der Waals surface area contributed by atoms with E-state index in [1.54, 1.807) is 24.3 Å². The number of nitrogens with zero attached hydrogens (tertiary/aromatic N) is 1. The van der Waals surface area contributed by atoms with Gasteiger partial charge in [0.05, 0.1) is 4.47 Å². The highest BCUT2D eigenvalue weighted by atomic mass is 79.9. The molecule has 0 fully saturated rings. The molecule has 0 unspecified atom stereocenters. The fraction of sp³-hybridized carbons (Fsp3) is 0.0833. The summed E-state index contributed by atoms with van der Waals surface area (Å²) in [6.07, 6.45) is 1.25. The van der Waals surface area contributed by atoms with Crippen LogP contribution in [-0.4, -0.2) is 15.5 Å². The Morgan fingerprint density at radius 1 is 1.26 bits per heavy atom. The summed E-state index contributed by atoms with van der Waals surface area (Å²) in [5.41, 5.74) is -0.574. The lowest BCUT2D eigenvalue weighted by Crippen LogP contribution is -2.38. The van der Waals surface area contributed by atoms with Gasteiger partial charge in [0.1, 0.15) is 6.54 Å². The SMILES string of the molecule is O=C(Cn1c(=O)[nH]cc(Br)c1=O)Nc1ccccc1. The van der Waals surface area contributed by atoms with Gasteiger partial charge >= 0.3 is 5.69 Å². The zero-order valence-electron chi connectivity index (χ0n) is 9.72. The average Bonchev–Trinajstić information content (AvgIpc) is 2.40. The molecule has 2 rings (SSSR count). The van der Waals surface area contributed by atoms with Crippen LogP contribution in [0.2, 0.25) is 0 Å². The van der Waals surface area contributed by atoms with E-state index in [9.17, 15) is 14.4 Å². The van der Waals surface area contributed by atoms with Crippen molar-refractivity contribution in [2.24, 2.45) is 0 Å². The first kappa shape index (κ1) is 13.3. The highest BCUT2D eigenvalue weighted by molar-refractivity contribution is 9.10. The molecule has 0 aliphatic carbocycles. The molecule has 0 saturated heterocycles. The molecule has 0 spiro atoms. The largest absolute Gasteiger partial charge is 0.328 e. The number of anilines is 1. The first-order valence-electron chi connectivity index (χ1n) is 5.41. The maximum atomic E-state index is 11.8. The second-order valence-corrected chi connectivity index (χ2v) is 4.60. The van der Waals surface area contributed by atoms with Gasteiger partial charge in [0.25, 0.3) is 5.56 Å². The lowest BCUT2D eigenvalue weighted by atomic mass is 10.3. The Kier molecular flexibility index (Phi) is 3.96. The number of rotatable bonds is 3. The van der Waals surface area contributed by atoms with E-state index in [-0.39, 0.29) is 11.0 Å². The van der Waals surface area contributed by atoms with Crippen molar-refractivity contribution in [1.82, 2.24) is 9.55 Å². The average molecular weight is 324 g/mol. The molecule has 2 N–H and O–H groups in total. The van der Waals surface area contributed by atoms with Crippen LogP contribution < -0.4 is 16.6 Å². The second-order valence-electron chi connectivity index (χ2n) is 3.75. The van der Waals surface area contributed by atoms with Crippen molar-refractivity contribution in [2.75, 3.05) is 5.32 Å². The van der Waals surface area contributed by atoms with Crippen LogP contribution in [0.5, 0.6) is 0 Å². The van der Waals surface area contributed by atoms with Gasteiger partial charge in [-0.1, -0.05) is 18.2 Å². The van der Waals surface area contributed by atoms with Crippen LogP contribution in [0.1, 0.15) is 0 Å². The van der Waals surface area contributed by atoms with Gasteiger partial charge < -0.3 is 10.3 Å². The first-order valence-corrected chi connectivity index (χ1v) is 6.20. The smallest absolute Gasteiger partial charge is 0.325 e. The number of carbonyl (C=O) groups excluding carboxylic acids is 1. The summed E-state index contributed by atoms with van der Waals surface area (Å²) in [4.78, 5) is 37.3. The lowest BCUT2D eigenvalue weighted by Gasteiger charge is -2.06. The molecule has 0 aliphatic rings. The molecule has 0 atom stereocenters. The quantitative estimate of drug-likeness (QED) is 0.881. The summed E-state index contributed by atoms with van der Waals surface area (Å²) in [7, 11) is 0. The number of benzene rings is 1. The van der Waals surface area contributed by atoms with E-state index in [1.165, 1.54) is 6.20 Å². The Labute approximate surface area is 116 Å². The van der Waals surface area contributed by atoms with Crippen LogP contribution in [0.15, 0.2) is 50.6 Å². The summed E-state index contributed by atoms with van der Waals surface area (Å²) in [5, 5.41) is 2.60. The number of halogens is 1. The van der Waals surface area contributed by atoms with Gasteiger partial charge in [-0.25, -0.2) is 9.36 Å². The molecule has 2 aromatic rings. The summed E-state index contributed by atoms with van der Waals surface area (Å²) >= 11 is 3.00. The number of carbonyl (C=O) groups is 1. The standard InChI is InChI=1S/C12H10BrN3O3/c13-9-6-14-12(19)16(11(9)18)7-10(17)15-8-4-2-1-3-5-8/h1-6H,7H2,(H,14,19)(H,15,17). The van der Waals surface area contributed by atoms with E-state index in [0.29, 0.717) is 5.69 Å². The highest BCUT2D eigenvalue weighted by Gasteiger charge is 2.09. The minimum absolute atomic E-state index is 0.194. The molecule has 0 radical (unpaired) electrons. The monoisotopic (exact) mass is 323 g/mol. The maximum Gasteiger partial charge on any atom is 0.328 e. The zero-order valence-corrected chi connectivity index (χ0v) is 11.3. The van der Waals surface area contributed by atoms with Gasteiger partial charge in [-0.15, -0.1) is 0 Å². The number of H-pyrrole nitrogens is 1. The van der Waals surface area contributed by atoms with Crippen molar-refractivity contribution in [3.8, 4) is 0 Å². The third-order valence-corrected chi connectivity index (χ3v) is 2.94. The molecule has 6 nitrogen and oxygen atoms in total. The van der Waals surface area contributed by atoms with Crippen molar-refractivity contribution in [1.29, 1.82) is 0 Å². The Balaban J connectivity index is 2.19. The third-order valence-electron chi connectivity index (χ3n) is 2.38. The number of aromatic nitrogens is 2. The molecular formula is C12H10BrN3O3. The van der Waals surface area contributed by atoms with Gasteiger partial charge in [-0.3, -0.25) is 9.59 Å². The second kappa shape index (κ2) is 5.66. The van der Waals surface area contributed by atoms with E-state index < -0.39 is 17.2 Å². The number of nitrogens with one attached hydrogen (secondary N) is 2. The van der Waals surface area contributed by atoms with Crippen molar-refractivity contribution >= 4 is 27.5 Å². The molecule has 0 bridgehead atoms.